The summed E-state index contributed by atoms with van der Waals surface area (Å²) in [6, 6.07) is 17.4. The summed E-state index contributed by atoms with van der Waals surface area (Å²) in [5.41, 5.74) is 2.62. The maximum absolute atomic E-state index is 12.4. The summed E-state index contributed by atoms with van der Waals surface area (Å²) in [5, 5.41) is 4.85. The van der Waals surface area contributed by atoms with Gasteiger partial charge in [0.25, 0.3) is 5.91 Å². The predicted octanol–water partition coefficient (Wildman–Crippen LogP) is 4.67. The van der Waals surface area contributed by atoms with Crippen molar-refractivity contribution in [2.75, 3.05) is 18.2 Å². The van der Waals surface area contributed by atoms with Crippen molar-refractivity contribution in [2.24, 2.45) is 0 Å². The summed E-state index contributed by atoms with van der Waals surface area (Å²) in [4.78, 5) is 24.7. The summed E-state index contributed by atoms with van der Waals surface area (Å²) in [7, 11) is -3.53. The summed E-state index contributed by atoms with van der Waals surface area (Å²) in [6.07, 6.45) is 1.02. The van der Waals surface area contributed by atoms with Crippen LogP contribution in [0.5, 0.6) is 0 Å². The molecule has 0 aliphatic rings. The Hall–Kier alpha value is -3.36. The van der Waals surface area contributed by atoms with Gasteiger partial charge in [-0.05, 0) is 49.4 Å². The van der Waals surface area contributed by atoms with Gasteiger partial charge in [-0.25, -0.2) is 13.2 Å². The van der Waals surface area contributed by atoms with E-state index in [4.69, 9.17) is 16.3 Å². The van der Waals surface area contributed by atoms with Gasteiger partial charge in [0.1, 0.15) is 0 Å². The summed E-state index contributed by atoms with van der Waals surface area (Å²) < 4.78 is 30.7. The largest absolute Gasteiger partial charge is 0.452 e. The first-order valence-electron chi connectivity index (χ1n) is 10.2. The van der Waals surface area contributed by atoms with E-state index in [-0.39, 0.29) is 15.5 Å². The van der Waals surface area contributed by atoms with Crippen LogP contribution in [-0.2, 0) is 25.9 Å². The van der Waals surface area contributed by atoms with E-state index in [9.17, 15) is 18.0 Å². The molecule has 0 atom stereocenters. The van der Waals surface area contributed by atoms with Crippen LogP contribution in [0.25, 0.3) is 21.8 Å². The number of carbonyl (C=O) groups excluding carboxylic acids is 2. The second-order valence-corrected chi connectivity index (χ2v) is 9.95. The Kier molecular flexibility index (Phi) is 6.14. The number of para-hydroxylation sites is 1. The fraction of sp³-hybridized carbons (Fsp3) is 0.167. The first-order valence-corrected chi connectivity index (χ1v) is 12.4. The molecule has 1 aromatic heterocycles. The zero-order valence-corrected chi connectivity index (χ0v) is 19.5. The molecule has 7 nitrogen and oxygen atoms in total. The average molecular weight is 485 g/mol. The molecule has 0 spiro atoms. The van der Waals surface area contributed by atoms with E-state index in [1.54, 1.807) is 6.07 Å². The molecule has 0 saturated heterocycles. The Morgan fingerprint density at radius 2 is 1.73 bits per heavy atom. The Bertz CT molecular complexity index is 1510. The van der Waals surface area contributed by atoms with E-state index in [1.165, 1.54) is 12.1 Å². The zero-order chi connectivity index (χ0) is 23.8. The Morgan fingerprint density at radius 1 is 1.00 bits per heavy atom. The SMILES string of the molecule is CCn1c2ccccc2c2cc(NC(=O)COC(=O)c3cc(S(C)(=O)=O)ccc3Cl)ccc21. The molecule has 0 saturated carbocycles. The molecule has 1 heterocycles. The van der Waals surface area contributed by atoms with Gasteiger partial charge >= 0.3 is 5.97 Å². The van der Waals surface area contributed by atoms with Crippen molar-refractivity contribution < 1.29 is 22.7 Å². The lowest BCUT2D eigenvalue weighted by atomic mass is 10.1. The number of ether oxygens (including phenoxy) is 1. The first-order chi connectivity index (χ1) is 15.7. The van der Waals surface area contributed by atoms with Gasteiger partial charge < -0.3 is 14.6 Å². The van der Waals surface area contributed by atoms with Crippen molar-refractivity contribution in [1.29, 1.82) is 0 Å². The fourth-order valence-electron chi connectivity index (χ4n) is 3.77. The number of halogens is 1. The van der Waals surface area contributed by atoms with Crippen molar-refractivity contribution in [3.05, 3.63) is 71.2 Å². The van der Waals surface area contributed by atoms with Crippen LogP contribution in [-0.4, -0.2) is 37.7 Å². The number of benzene rings is 3. The molecule has 0 fully saturated rings. The van der Waals surface area contributed by atoms with Gasteiger partial charge in [0, 0.05) is 40.3 Å². The van der Waals surface area contributed by atoms with Crippen LogP contribution in [0.3, 0.4) is 0 Å². The monoisotopic (exact) mass is 484 g/mol. The van der Waals surface area contributed by atoms with Crippen LogP contribution in [0.4, 0.5) is 5.69 Å². The van der Waals surface area contributed by atoms with Crippen molar-refractivity contribution in [3.8, 4) is 0 Å². The van der Waals surface area contributed by atoms with Crippen LogP contribution < -0.4 is 5.32 Å². The predicted molar refractivity (Wildman–Crippen MR) is 129 cm³/mol. The van der Waals surface area contributed by atoms with E-state index < -0.39 is 28.3 Å². The second-order valence-electron chi connectivity index (χ2n) is 7.53. The number of nitrogens with zero attached hydrogens (tertiary/aromatic N) is 1. The van der Waals surface area contributed by atoms with Gasteiger partial charge in [-0.15, -0.1) is 0 Å². The second kappa shape index (κ2) is 8.88. The molecule has 3 aromatic carbocycles. The van der Waals surface area contributed by atoms with Gasteiger partial charge in [-0.1, -0.05) is 29.8 Å². The van der Waals surface area contributed by atoms with E-state index in [0.29, 0.717) is 5.69 Å². The van der Waals surface area contributed by atoms with E-state index in [1.807, 2.05) is 30.3 Å². The first kappa shape index (κ1) is 22.8. The third kappa shape index (κ3) is 4.58. The number of hydrogen-bond acceptors (Lipinski definition) is 5. The van der Waals surface area contributed by atoms with Crippen molar-refractivity contribution in [2.45, 2.75) is 18.4 Å². The van der Waals surface area contributed by atoms with E-state index in [0.717, 1.165) is 40.7 Å². The average Bonchev–Trinajstić information content (AvgIpc) is 3.10. The molecule has 9 heteroatoms. The fourth-order valence-corrected chi connectivity index (χ4v) is 4.61. The molecule has 0 unspecified atom stereocenters. The smallest absolute Gasteiger partial charge is 0.340 e. The van der Waals surface area contributed by atoms with Crippen LogP contribution in [0.1, 0.15) is 17.3 Å². The molecule has 1 N–H and O–H groups in total. The summed E-state index contributed by atoms with van der Waals surface area (Å²) in [5.74, 6) is -1.42. The minimum atomic E-state index is -3.53. The molecule has 4 rings (SSSR count). The quantitative estimate of drug-likeness (QED) is 0.401. The molecule has 0 bridgehead atoms. The number of nitrogens with one attached hydrogen (secondary N) is 1. The number of rotatable bonds is 6. The van der Waals surface area contributed by atoms with E-state index >= 15 is 0 Å². The molecule has 0 aliphatic carbocycles. The molecule has 33 heavy (non-hydrogen) atoms. The van der Waals surface area contributed by atoms with Crippen LogP contribution >= 0.6 is 11.6 Å². The van der Waals surface area contributed by atoms with Crippen LogP contribution in [0.15, 0.2) is 65.6 Å². The Morgan fingerprint density at radius 3 is 2.45 bits per heavy atom. The number of amides is 1. The lowest BCUT2D eigenvalue weighted by molar-refractivity contribution is -0.119. The van der Waals surface area contributed by atoms with Gasteiger partial charge in [0.15, 0.2) is 16.4 Å². The molecule has 4 aromatic rings. The highest BCUT2D eigenvalue weighted by molar-refractivity contribution is 7.90. The number of esters is 1. The Labute approximate surface area is 195 Å². The summed E-state index contributed by atoms with van der Waals surface area (Å²) in [6.45, 7) is 2.34. The van der Waals surface area contributed by atoms with Crippen molar-refractivity contribution in [1.82, 2.24) is 4.57 Å². The normalized spacial score (nSPS) is 11.6. The number of aryl methyl sites for hydroxylation is 1. The lowest BCUT2D eigenvalue weighted by Crippen LogP contribution is -2.21. The standard InChI is InChI=1S/C24H21ClN2O5S/c1-3-27-21-7-5-4-6-17(21)18-12-15(8-11-22(18)27)26-23(28)14-32-24(29)19-13-16(33(2,30)31)9-10-20(19)25/h4-13H,3,14H2,1-2H3,(H,26,28). The number of sulfone groups is 1. The third-order valence-electron chi connectivity index (χ3n) is 5.29. The van der Waals surface area contributed by atoms with Crippen molar-refractivity contribution >= 4 is 60.8 Å². The van der Waals surface area contributed by atoms with Crippen LogP contribution in [0, 0.1) is 0 Å². The maximum atomic E-state index is 12.4. The molecular formula is C24H21ClN2O5S. The molecule has 0 radical (unpaired) electrons. The minimum absolute atomic E-state index is 0.0329. The number of anilines is 1. The number of hydrogen-bond donors (Lipinski definition) is 1. The minimum Gasteiger partial charge on any atom is -0.452 e. The van der Waals surface area contributed by atoms with Gasteiger partial charge in [-0.3, -0.25) is 4.79 Å². The number of aromatic nitrogens is 1. The topological polar surface area (TPSA) is 94.5 Å². The molecule has 170 valence electrons. The third-order valence-corrected chi connectivity index (χ3v) is 6.73. The Balaban J connectivity index is 1.49. The highest BCUT2D eigenvalue weighted by atomic mass is 35.5. The zero-order valence-electron chi connectivity index (χ0n) is 18.0. The number of fused-ring (bicyclic) bond motifs is 3. The molecule has 1 amide bonds. The molecule has 0 aliphatic heterocycles. The van der Waals surface area contributed by atoms with Gasteiger partial charge in [0.05, 0.1) is 15.5 Å². The maximum Gasteiger partial charge on any atom is 0.340 e. The van der Waals surface area contributed by atoms with Gasteiger partial charge in [0.2, 0.25) is 0 Å². The number of carbonyl (C=O) groups is 2. The highest BCUT2D eigenvalue weighted by Crippen LogP contribution is 2.31. The molecular weight excluding hydrogens is 464 g/mol. The van der Waals surface area contributed by atoms with Crippen LogP contribution in [0.2, 0.25) is 5.02 Å². The van der Waals surface area contributed by atoms with Gasteiger partial charge in [-0.2, -0.15) is 0 Å². The van der Waals surface area contributed by atoms with Crippen molar-refractivity contribution in [3.63, 3.8) is 0 Å². The summed E-state index contributed by atoms with van der Waals surface area (Å²) >= 11 is 6.01. The lowest BCUT2D eigenvalue weighted by Gasteiger charge is -2.09. The van der Waals surface area contributed by atoms with E-state index in [2.05, 4.69) is 22.9 Å². The highest BCUT2D eigenvalue weighted by Gasteiger charge is 2.18.